The van der Waals surface area contributed by atoms with E-state index >= 15 is 0 Å². The predicted octanol–water partition coefficient (Wildman–Crippen LogP) is 5.78. The first-order valence-corrected chi connectivity index (χ1v) is 7.43. The molecular formula is C17H27F. The minimum absolute atomic E-state index is 0.0266. The molecule has 0 aliphatic heterocycles. The van der Waals surface area contributed by atoms with Crippen LogP contribution < -0.4 is 0 Å². The van der Waals surface area contributed by atoms with Crippen molar-refractivity contribution in [3.05, 3.63) is 35.6 Å². The molecule has 0 bridgehead atoms. The lowest BCUT2D eigenvalue weighted by Crippen LogP contribution is -2.21. The first kappa shape index (κ1) is 15.2. The Morgan fingerprint density at radius 1 is 0.833 bits per heavy atom. The fourth-order valence-corrected chi connectivity index (χ4v) is 3.23. The van der Waals surface area contributed by atoms with Gasteiger partial charge in [-0.3, -0.25) is 0 Å². The summed E-state index contributed by atoms with van der Waals surface area (Å²) in [5, 5.41) is 0. The zero-order chi connectivity index (χ0) is 13.5. The molecule has 0 fully saturated rings. The number of halogens is 1. The van der Waals surface area contributed by atoms with E-state index in [0.717, 1.165) is 31.2 Å². The molecule has 0 nitrogen and oxygen atoms in total. The highest BCUT2D eigenvalue weighted by Gasteiger charge is 2.28. The van der Waals surface area contributed by atoms with Gasteiger partial charge in [-0.25, -0.2) is 4.39 Å². The Morgan fingerprint density at radius 3 is 1.67 bits per heavy atom. The van der Waals surface area contributed by atoms with Gasteiger partial charge in [0.1, 0.15) is 5.82 Å². The van der Waals surface area contributed by atoms with E-state index in [1.54, 1.807) is 12.1 Å². The highest BCUT2D eigenvalue weighted by Crippen LogP contribution is 2.40. The normalized spacial score (nSPS) is 11.8. The van der Waals surface area contributed by atoms with Gasteiger partial charge in [-0.15, -0.1) is 0 Å². The molecule has 0 unspecified atom stereocenters. The summed E-state index contributed by atoms with van der Waals surface area (Å²) >= 11 is 0. The van der Waals surface area contributed by atoms with E-state index in [-0.39, 0.29) is 5.82 Å². The first-order chi connectivity index (χ1) is 8.69. The van der Waals surface area contributed by atoms with Gasteiger partial charge in [0.05, 0.1) is 0 Å². The molecule has 1 aromatic carbocycles. The van der Waals surface area contributed by atoms with Crippen LogP contribution in [-0.4, -0.2) is 0 Å². The van der Waals surface area contributed by atoms with Crippen LogP contribution in [0, 0.1) is 17.7 Å². The van der Waals surface area contributed by atoms with Crippen molar-refractivity contribution in [1.29, 1.82) is 0 Å². The molecule has 0 saturated carbocycles. The van der Waals surface area contributed by atoms with Gasteiger partial charge in [0.2, 0.25) is 0 Å². The average Bonchev–Trinajstić information content (AvgIpc) is 2.40. The van der Waals surface area contributed by atoms with Gasteiger partial charge < -0.3 is 0 Å². The van der Waals surface area contributed by atoms with Crippen LogP contribution in [0.5, 0.6) is 0 Å². The minimum Gasteiger partial charge on any atom is -0.207 e. The fraction of sp³-hybridized carbons (Fsp3) is 0.647. The molecule has 0 spiro atoms. The maximum absolute atomic E-state index is 14.1. The molecule has 0 aliphatic rings. The Labute approximate surface area is 112 Å². The van der Waals surface area contributed by atoms with Crippen LogP contribution in [0.1, 0.15) is 64.9 Å². The Bertz CT molecular complexity index is 325. The lowest BCUT2D eigenvalue weighted by Gasteiger charge is -2.32. The molecule has 0 aromatic heterocycles. The maximum atomic E-state index is 14.1. The highest BCUT2D eigenvalue weighted by molar-refractivity contribution is 5.23. The molecule has 102 valence electrons. The van der Waals surface area contributed by atoms with Gasteiger partial charge in [-0.05, 0) is 29.4 Å². The van der Waals surface area contributed by atoms with Crippen molar-refractivity contribution in [2.24, 2.45) is 11.8 Å². The van der Waals surface area contributed by atoms with Gasteiger partial charge in [-0.1, -0.05) is 71.6 Å². The molecule has 0 N–H and O–H groups in total. The van der Waals surface area contributed by atoms with E-state index in [0.29, 0.717) is 17.8 Å². The molecule has 0 amide bonds. The lowest BCUT2D eigenvalue weighted by molar-refractivity contribution is 0.272. The standard InChI is InChI=1S/C17H27F/c1-5-13(6-2)17(14(7-3)8-4)15-11-9-10-12-16(15)18/h9-14,17H,5-8H2,1-4H3. The fourth-order valence-electron chi connectivity index (χ4n) is 3.23. The number of benzene rings is 1. The van der Waals surface area contributed by atoms with Crippen LogP contribution in [0.2, 0.25) is 0 Å². The number of hydrogen-bond donors (Lipinski definition) is 0. The van der Waals surface area contributed by atoms with E-state index in [1.165, 1.54) is 0 Å². The van der Waals surface area contributed by atoms with E-state index in [9.17, 15) is 4.39 Å². The van der Waals surface area contributed by atoms with Crippen molar-refractivity contribution < 1.29 is 4.39 Å². The van der Waals surface area contributed by atoms with Crippen LogP contribution in [0.4, 0.5) is 4.39 Å². The van der Waals surface area contributed by atoms with Gasteiger partial charge >= 0.3 is 0 Å². The Kier molecular flexibility index (Phi) is 6.38. The molecule has 0 radical (unpaired) electrons. The summed E-state index contributed by atoms with van der Waals surface area (Å²) in [4.78, 5) is 0. The topological polar surface area (TPSA) is 0 Å². The summed E-state index contributed by atoms with van der Waals surface area (Å²) in [6, 6.07) is 7.34. The van der Waals surface area contributed by atoms with Gasteiger partial charge in [0.15, 0.2) is 0 Å². The third kappa shape index (κ3) is 3.34. The second-order valence-electron chi connectivity index (χ2n) is 5.20. The summed E-state index contributed by atoms with van der Waals surface area (Å²) in [6.07, 6.45) is 4.52. The first-order valence-electron chi connectivity index (χ1n) is 7.43. The SMILES string of the molecule is CCC(CC)C(c1ccccc1F)C(CC)CC. The molecule has 0 saturated heterocycles. The zero-order valence-electron chi connectivity index (χ0n) is 12.2. The molecule has 0 atom stereocenters. The van der Waals surface area contributed by atoms with Crippen LogP contribution >= 0.6 is 0 Å². The molecule has 18 heavy (non-hydrogen) atoms. The van der Waals surface area contributed by atoms with Crippen molar-refractivity contribution in [1.82, 2.24) is 0 Å². The van der Waals surface area contributed by atoms with E-state index < -0.39 is 0 Å². The van der Waals surface area contributed by atoms with Crippen molar-refractivity contribution in [3.63, 3.8) is 0 Å². The van der Waals surface area contributed by atoms with Gasteiger partial charge in [0.25, 0.3) is 0 Å². The summed E-state index contributed by atoms with van der Waals surface area (Å²) in [5.74, 6) is 1.52. The van der Waals surface area contributed by atoms with Crippen LogP contribution in [-0.2, 0) is 0 Å². The minimum atomic E-state index is -0.0266. The van der Waals surface area contributed by atoms with Crippen molar-refractivity contribution in [2.75, 3.05) is 0 Å². The largest absolute Gasteiger partial charge is 0.207 e. The van der Waals surface area contributed by atoms with Crippen molar-refractivity contribution >= 4 is 0 Å². The smallest absolute Gasteiger partial charge is 0.126 e. The molecule has 1 rings (SSSR count). The van der Waals surface area contributed by atoms with E-state index in [4.69, 9.17) is 0 Å². The van der Waals surface area contributed by atoms with Gasteiger partial charge in [0, 0.05) is 0 Å². The average molecular weight is 250 g/mol. The quantitative estimate of drug-likeness (QED) is 0.575. The highest BCUT2D eigenvalue weighted by atomic mass is 19.1. The summed E-state index contributed by atoms with van der Waals surface area (Å²) < 4.78 is 14.1. The monoisotopic (exact) mass is 250 g/mol. The third-order valence-corrected chi connectivity index (χ3v) is 4.38. The molecule has 0 aliphatic carbocycles. The summed E-state index contributed by atoms with van der Waals surface area (Å²) in [7, 11) is 0. The summed E-state index contributed by atoms with van der Waals surface area (Å²) in [5.41, 5.74) is 0.930. The Hall–Kier alpha value is -0.850. The van der Waals surface area contributed by atoms with Crippen LogP contribution in [0.25, 0.3) is 0 Å². The van der Waals surface area contributed by atoms with Crippen LogP contribution in [0.15, 0.2) is 24.3 Å². The van der Waals surface area contributed by atoms with E-state index in [1.807, 2.05) is 12.1 Å². The number of rotatable bonds is 7. The summed E-state index contributed by atoms with van der Waals surface area (Å²) in [6.45, 7) is 8.91. The predicted molar refractivity (Wildman–Crippen MR) is 77.3 cm³/mol. The molecule has 1 aromatic rings. The number of hydrogen-bond acceptors (Lipinski definition) is 0. The molecular weight excluding hydrogens is 223 g/mol. The Morgan fingerprint density at radius 2 is 1.28 bits per heavy atom. The van der Waals surface area contributed by atoms with Crippen molar-refractivity contribution in [2.45, 2.75) is 59.3 Å². The zero-order valence-corrected chi connectivity index (χ0v) is 12.2. The lowest BCUT2D eigenvalue weighted by atomic mass is 9.72. The Balaban J connectivity index is 3.15. The van der Waals surface area contributed by atoms with Crippen LogP contribution in [0.3, 0.4) is 0 Å². The van der Waals surface area contributed by atoms with E-state index in [2.05, 4.69) is 27.7 Å². The maximum Gasteiger partial charge on any atom is 0.126 e. The second kappa shape index (κ2) is 7.56. The van der Waals surface area contributed by atoms with Gasteiger partial charge in [-0.2, -0.15) is 0 Å². The second-order valence-corrected chi connectivity index (χ2v) is 5.20. The molecule has 0 heterocycles. The molecule has 1 heteroatoms. The third-order valence-electron chi connectivity index (χ3n) is 4.38. The van der Waals surface area contributed by atoms with Crippen molar-refractivity contribution in [3.8, 4) is 0 Å².